The lowest BCUT2D eigenvalue weighted by Gasteiger charge is -2.20. The van der Waals surface area contributed by atoms with Crippen molar-refractivity contribution in [3.63, 3.8) is 0 Å². The zero-order chi connectivity index (χ0) is 18.1. The minimum atomic E-state index is -0.219. The van der Waals surface area contributed by atoms with Crippen LogP contribution in [0.4, 0.5) is 5.69 Å². The van der Waals surface area contributed by atoms with Gasteiger partial charge in [-0.2, -0.15) is 0 Å². The number of carbonyl (C=O) groups is 2. The van der Waals surface area contributed by atoms with Gasteiger partial charge < -0.3 is 15.0 Å². The molecule has 5 nitrogen and oxygen atoms in total. The van der Waals surface area contributed by atoms with Gasteiger partial charge in [0.25, 0.3) is 0 Å². The van der Waals surface area contributed by atoms with Gasteiger partial charge in [0.15, 0.2) is 0 Å². The summed E-state index contributed by atoms with van der Waals surface area (Å²) >= 11 is 0. The lowest BCUT2D eigenvalue weighted by Crippen LogP contribution is -2.37. The number of rotatable bonds is 8. The van der Waals surface area contributed by atoms with Crippen LogP contribution in [0.3, 0.4) is 0 Å². The van der Waals surface area contributed by atoms with E-state index in [1.807, 2.05) is 18.2 Å². The van der Waals surface area contributed by atoms with Crippen LogP contribution >= 0.6 is 0 Å². The fraction of sp³-hybridized carbons (Fsp3) is 0.300. The average molecular weight is 340 g/mol. The van der Waals surface area contributed by atoms with Gasteiger partial charge in [0, 0.05) is 25.2 Å². The van der Waals surface area contributed by atoms with Crippen LogP contribution in [0.1, 0.15) is 18.9 Å². The lowest BCUT2D eigenvalue weighted by atomic mass is 10.1. The maximum absolute atomic E-state index is 12.2. The summed E-state index contributed by atoms with van der Waals surface area (Å²) < 4.78 is 5.14. The molecule has 25 heavy (non-hydrogen) atoms. The third kappa shape index (κ3) is 6.30. The van der Waals surface area contributed by atoms with Gasteiger partial charge in [-0.05, 0) is 30.5 Å². The number of aryl methyl sites for hydroxylation is 1. The van der Waals surface area contributed by atoms with E-state index in [-0.39, 0.29) is 18.4 Å². The summed E-state index contributed by atoms with van der Waals surface area (Å²) in [6.07, 6.45) is 1.69. The first kappa shape index (κ1) is 18.5. The van der Waals surface area contributed by atoms with Gasteiger partial charge in [0.2, 0.25) is 11.8 Å². The Morgan fingerprint density at radius 2 is 1.84 bits per heavy atom. The number of amides is 2. The first-order valence-electron chi connectivity index (χ1n) is 8.32. The van der Waals surface area contributed by atoms with E-state index in [9.17, 15) is 9.59 Å². The molecule has 0 aliphatic heterocycles. The van der Waals surface area contributed by atoms with Crippen LogP contribution in [-0.2, 0) is 16.0 Å². The second kappa shape index (κ2) is 9.47. The molecule has 0 aliphatic rings. The summed E-state index contributed by atoms with van der Waals surface area (Å²) in [5.41, 5.74) is 1.88. The van der Waals surface area contributed by atoms with E-state index in [0.29, 0.717) is 18.0 Å². The number of benzene rings is 2. The van der Waals surface area contributed by atoms with Crippen molar-refractivity contribution in [1.82, 2.24) is 4.90 Å². The van der Waals surface area contributed by atoms with E-state index in [0.717, 1.165) is 12.8 Å². The fourth-order valence-corrected chi connectivity index (χ4v) is 2.54. The third-order valence-electron chi connectivity index (χ3n) is 3.87. The molecule has 0 fully saturated rings. The van der Waals surface area contributed by atoms with Gasteiger partial charge in [-0.1, -0.05) is 36.4 Å². The van der Waals surface area contributed by atoms with Crippen molar-refractivity contribution in [3.05, 3.63) is 60.2 Å². The van der Waals surface area contributed by atoms with Crippen molar-refractivity contribution in [2.75, 3.05) is 25.5 Å². The Bertz CT molecular complexity index is 701. The second-order valence-electron chi connectivity index (χ2n) is 5.81. The number of ether oxygens (including phenoxy) is 1. The molecule has 132 valence electrons. The standard InChI is InChI=1S/C20H24N2O3/c1-16(23)22(13-7-10-17-8-4-3-5-9-17)15-20(24)21-18-11-6-12-19(14-18)25-2/h3-6,8-9,11-12,14H,7,10,13,15H2,1-2H3,(H,21,24). The predicted molar refractivity (Wildman–Crippen MR) is 98.6 cm³/mol. The van der Waals surface area contributed by atoms with Crippen LogP contribution in [0.25, 0.3) is 0 Å². The minimum absolute atomic E-state index is 0.0430. The Kier molecular flexibility index (Phi) is 7.01. The van der Waals surface area contributed by atoms with Gasteiger partial charge in [0.05, 0.1) is 13.7 Å². The molecular formula is C20H24N2O3. The van der Waals surface area contributed by atoms with E-state index < -0.39 is 0 Å². The molecular weight excluding hydrogens is 316 g/mol. The molecule has 0 unspecified atom stereocenters. The second-order valence-corrected chi connectivity index (χ2v) is 5.81. The number of carbonyl (C=O) groups excluding carboxylic acids is 2. The van der Waals surface area contributed by atoms with Crippen LogP contribution in [0.15, 0.2) is 54.6 Å². The molecule has 0 aliphatic carbocycles. The molecule has 0 saturated heterocycles. The summed E-state index contributed by atoms with van der Waals surface area (Å²) in [6.45, 7) is 2.08. The molecule has 2 aromatic rings. The number of nitrogens with zero attached hydrogens (tertiary/aromatic N) is 1. The molecule has 2 rings (SSSR count). The van der Waals surface area contributed by atoms with E-state index in [1.54, 1.807) is 36.3 Å². The topological polar surface area (TPSA) is 58.6 Å². The summed E-state index contributed by atoms with van der Waals surface area (Å²) in [7, 11) is 1.57. The Morgan fingerprint density at radius 3 is 2.52 bits per heavy atom. The monoisotopic (exact) mass is 340 g/mol. The highest BCUT2D eigenvalue weighted by atomic mass is 16.5. The lowest BCUT2D eigenvalue weighted by molar-refractivity contribution is -0.132. The normalized spacial score (nSPS) is 10.2. The molecule has 0 bridgehead atoms. The Morgan fingerprint density at radius 1 is 1.08 bits per heavy atom. The summed E-state index contributed by atoms with van der Waals surface area (Å²) in [5, 5.41) is 2.80. The smallest absolute Gasteiger partial charge is 0.243 e. The number of anilines is 1. The molecule has 0 spiro atoms. The summed E-state index contributed by atoms with van der Waals surface area (Å²) in [4.78, 5) is 25.6. The van der Waals surface area contributed by atoms with Crippen LogP contribution in [0, 0.1) is 0 Å². The zero-order valence-electron chi connectivity index (χ0n) is 14.7. The third-order valence-corrected chi connectivity index (χ3v) is 3.87. The quantitative estimate of drug-likeness (QED) is 0.803. The van der Waals surface area contributed by atoms with Crippen molar-refractivity contribution < 1.29 is 14.3 Å². The van der Waals surface area contributed by atoms with E-state index >= 15 is 0 Å². The molecule has 1 N–H and O–H groups in total. The van der Waals surface area contributed by atoms with Gasteiger partial charge in [0.1, 0.15) is 5.75 Å². The van der Waals surface area contributed by atoms with Gasteiger partial charge >= 0.3 is 0 Å². The number of nitrogens with one attached hydrogen (secondary N) is 1. The molecule has 2 aromatic carbocycles. The highest BCUT2D eigenvalue weighted by molar-refractivity contribution is 5.94. The van der Waals surface area contributed by atoms with Crippen LogP contribution < -0.4 is 10.1 Å². The fourth-order valence-electron chi connectivity index (χ4n) is 2.54. The summed E-state index contributed by atoms with van der Waals surface area (Å²) in [6, 6.07) is 17.2. The molecule has 0 radical (unpaired) electrons. The zero-order valence-corrected chi connectivity index (χ0v) is 14.7. The predicted octanol–water partition coefficient (Wildman–Crippen LogP) is 3.12. The number of hydrogen-bond acceptors (Lipinski definition) is 3. The Labute approximate surface area is 148 Å². The van der Waals surface area contributed by atoms with Crippen molar-refractivity contribution in [2.45, 2.75) is 19.8 Å². The molecule has 0 heterocycles. The van der Waals surface area contributed by atoms with E-state index in [2.05, 4.69) is 17.4 Å². The number of methoxy groups -OCH3 is 1. The Balaban J connectivity index is 1.85. The van der Waals surface area contributed by atoms with E-state index in [1.165, 1.54) is 12.5 Å². The highest BCUT2D eigenvalue weighted by Crippen LogP contribution is 2.16. The van der Waals surface area contributed by atoms with Crippen molar-refractivity contribution >= 4 is 17.5 Å². The summed E-state index contributed by atoms with van der Waals surface area (Å²) in [5.74, 6) is 0.348. The van der Waals surface area contributed by atoms with Crippen molar-refractivity contribution in [3.8, 4) is 5.75 Å². The van der Waals surface area contributed by atoms with Gasteiger partial charge in [-0.25, -0.2) is 0 Å². The average Bonchev–Trinajstić information content (AvgIpc) is 2.61. The number of hydrogen-bond donors (Lipinski definition) is 1. The van der Waals surface area contributed by atoms with Crippen molar-refractivity contribution in [2.24, 2.45) is 0 Å². The van der Waals surface area contributed by atoms with Crippen LogP contribution in [-0.4, -0.2) is 36.9 Å². The first-order valence-corrected chi connectivity index (χ1v) is 8.32. The Hall–Kier alpha value is -2.82. The molecule has 0 saturated carbocycles. The highest BCUT2D eigenvalue weighted by Gasteiger charge is 2.13. The molecule has 0 atom stereocenters. The maximum atomic E-state index is 12.2. The van der Waals surface area contributed by atoms with E-state index in [4.69, 9.17) is 4.74 Å². The first-order chi connectivity index (χ1) is 12.1. The van der Waals surface area contributed by atoms with Crippen LogP contribution in [0.5, 0.6) is 5.75 Å². The molecule has 2 amide bonds. The van der Waals surface area contributed by atoms with Gasteiger partial charge in [-0.15, -0.1) is 0 Å². The SMILES string of the molecule is COc1cccc(NC(=O)CN(CCCc2ccccc2)C(C)=O)c1. The van der Waals surface area contributed by atoms with Crippen LogP contribution in [0.2, 0.25) is 0 Å². The maximum Gasteiger partial charge on any atom is 0.243 e. The molecule has 5 heteroatoms. The van der Waals surface area contributed by atoms with Crippen molar-refractivity contribution in [1.29, 1.82) is 0 Å². The van der Waals surface area contributed by atoms with Gasteiger partial charge in [-0.3, -0.25) is 9.59 Å². The molecule has 0 aromatic heterocycles. The largest absolute Gasteiger partial charge is 0.497 e. The minimum Gasteiger partial charge on any atom is -0.497 e.